The molecule has 1 atom stereocenters. The first kappa shape index (κ1) is 11.7. The minimum Gasteiger partial charge on any atom is -0.329 e. The number of nitrogens with two attached hydrogens (primary N) is 1. The summed E-state index contributed by atoms with van der Waals surface area (Å²) in [7, 11) is 0. The van der Waals surface area contributed by atoms with Crippen LogP contribution in [-0.4, -0.2) is 9.55 Å². The van der Waals surface area contributed by atoms with E-state index in [9.17, 15) is 8.78 Å². The number of aromatic nitrogens is 2. The Morgan fingerprint density at radius 3 is 2.76 bits per heavy atom. The third-order valence-electron chi connectivity index (χ3n) is 2.55. The van der Waals surface area contributed by atoms with Crippen LogP contribution in [0.25, 0.3) is 0 Å². The summed E-state index contributed by atoms with van der Waals surface area (Å²) < 4.78 is 27.6. The van der Waals surface area contributed by atoms with Crippen molar-refractivity contribution in [1.82, 2.24) is 9.55 Å². The van der Waals surface area contributed by atoms with Crippen LogP contribution in [0.5, 0.6) is 0 Å². The Labute approximate surface area is 97.9 Å². The molecular formula is C12H13F2N3. The van der Waals surface area contributed by atoms with E-state index in [1.54, 1.807) is 18.6 Å². The third-order valence-corrected chi connectivity index (χ3v) is 2.55. The number of imidazole rings is 1. The van der Waals surface area contributed by atoms with Crippen molar-refractivity contribution >= 4 is 0 Å². The average molecular weight is 237 g/mol. The van der Waals surface area contributed by atoms with Gasteiger partial charge in [-0.1, -0.05) is 6.07 Å². The van der Waals surface area contributed by atoms with E-state index >= 15 is 0 Å². The molecule has 0 saturated heterocycles. The van der Waals surface area contributed by atoms with E-state index in [1.165, 1.54) is 6.07 Å². The van der Waals surface area contributed by atoms with E-state index in [4.69, 9.17) is 5.73 Å². The van der Waals surface area contributed by atoms with Gasteiger partial charge in [-0.15, -0.1) is 0 Å². The molecule has 2 aromatic rings. The number of hydrogen-bond acceptors (Lipinski definition) is 2. The van der Waals surface area contributed by atoms with Crippen molar-refractivity contribution in [3.63, 3.8) is 0 Å². The van der Waals surface area contributed by atoms with Gasteiger partial charge < -0.3 is 10.3 Å². The quantitative estimate of drug-likeness (QED) is 0.889. The topological polar surface area (TPSA) is 43.8 Å². The molecule has 0 fully saturated rings. The van der Waals surface area contributed by atoms with Crippen molar-refractivity contribution in [2.75, 3.05) is 0 Å². The Kier molecular flexibility index (Phi) is 3.19. The van der Waals surface area contributed by atoms with Crippen molar-refractivity contribution < 1.29 is 8.78 Å². The maximum Gasteiger partial charge on any atom is 0.159 e. The Hall–Kier alpha value is -1.75. The Balaban J connectivity index is 2.25. The average Bonchev–Trinajstić information content (AvgIpc) is 2.72. The fourth-order valence-corrected chi connectivity index (χ4v) is 1.68. The predicted octanol–water partition coefficient (Wildman–Crippen LogP) is 2.23. The molecule has 1 aromatic carbocycles. The highest BCUT2D eigenvalue weighted by atomic mass is 19.2. The van der Waals surface area contributed by atoms with Gasteiger partial charge in [0.1, 0.15) is 0 Å². The number of nitrogens with zero attached hydrogens (tertiary/aromatic N) is 2. The molecule has 2 N–H and O–H groups in total. The zero-order valence-electron chi connectivity index (χ0n) is 9.40. The zero-order chi connectivity index (χ0) is 12.4. The highest BCUT2D eigenvalue weighted by Gasteiger charge is 2.08. The Morgan fingerprint density at radius 1 is 1.35 bits per heavy atom. The molecule has 2 rings (SSSR count). The molecule has 1 aromatic heterocycles. The lowest BCUT2D eigenvalue weighted by molar-refractivity contribution is 0.506. The standard InChI is InChI=1S/C12H13F2N3/c1-8(15)12-5-16-7-17(12)6-9-2-3-10(13)11(14)4-9/h2-5,7-8H,6,15H2,1H3/t8-/m1/s1. The molecule has 0 aliphatic heterocycles. The van der Waals surface area contributed by atoms with Gasteiger partial charge in [0.25, 0.3) is 0 Å². The molecule has 0 saturated carbocycles. The van der Waals surface area contributed by atoms with Crippen LogP contribution in [0, 0.1) is 11.6 Å². The first-order chi connectivity index (χ1) is 8.08. The second-order valence-electron chi connectivity index (χ2n) is 3.98. The molecule has 0 aliphatic rings. The number of benzene rings is 1. The maximum absolute atomic E-state index is 13.0. The second-order valence-corrected chi connectivity index (χ2v) is 3.98. The van der Waals surface area contributed by atoms with Crippen LogP contribution >= 0.6 is 0 Å². The minimum absolute atomic E-state index is 0.150. The first-order valence-electron chi connectivity index (χ1n) is 5.27. The highest BCUT2D eigenvalue weighted by molar-refractivity contribution is 5.19. The summed E-state index contributed by atoms with van der Waals surface area (Å²) >= 11 is 0. The van der Waals surface area contributed by atoms with Crippen LogP contribution < -0.4 is 5.73 Å². The van der Waals surface area contributed by atoms with Gasteiger partial charge in [-0.25, -0.2) is 13.8 Å². The van der Waals surface area contributed by atoms with Gasteiger partial charge in [0.2, 0.25) is 0 Å². The SMILES string of the molecule is C[C@@H](N)c1cncn1Cc1ccc(F)c(F)c1. The van der Waals surface area contributed by atoms with E-state index in [0.717, 1.165) is 11.8 Å². The van der Waals surface area contributed by atoms with Crippen molar-refractivity contribution in [3.05, 3.63) is 53.6 Å². The van der Waals surface area contributed by atoms with Gasteiger partial charge in [0, 0.05) is 18.8 Å². The molecular weight excluding hydrogens is 224 g/mol. The van der Waals surface area contributed by atoms with Crippen molar-refractivity contribution in [2.24, 2.45) is 5.73 Å². The first-order valence-corrected chi connectivity index (χ1v) is 5.27. The summed E-state index contributed by atoms with van der Waals surface area (Å²) in [4.78, 5) is 3.99. The van der Waals surface area contributed by atoms with Crippen LogP contribution in [0.3, 0.4) is 0 Å². The van der Waals surface area contributed by atoms with Crippen LogP contribution in [0.4, 0.5) is 8.78 Å². The molecule has 0 unspecified atom stereocenters. The highest BCUT2D eigenvalue weighted by Crippen LogP contribution is 2.14. The van der Waals surface area contributed by atoms with E-state index in [0.29, 0.717) is 12.1 Å². The van der Waals surface area contributed by atoms with E-state index < -0.39 is 11.6 Å². The molecule has 0 bridgehead atoms. The maximum atomic E-state index is 13.0. The molecule has 0 aliphatic carbocycles. The number of hydrogen-bond donors (Lipinski definition) is 1. The van der Waals surface area contributed by atoms with Gasteiger partial charge in [0.05, 0.1) is 12.0 Å². The summed E-state index contributed by atoms with van der Waals surface area (Å²) in [6.45, 7) is 2.27. The van der Waals surface area contributed by atoms with Gasteiger partial charge >= 0.3 is 0 Å². The Morgan fingerprint density at radius 2 is 2.12 bits per heavy atom. The molecule has 0 radical (unpaired) electrons. The van der Waals surface area contributed by atoms with Crippen molar-refractivity contribution in [2.45, 2.75) is 19.5 Å². The number of rotatable bonds is 3. The smallest absolute Gasteiger partial charge is 0.159 e. The molecule has 5 heteroatoms. The van der Waals surface area contributed by atoms with Gasteiger partial charge in [0.15, 0.2) is 11.6 Å². The normalized spacial score (nSPS) is 12.7. The summed E-state index contributed by atoms with van der Waals surface area (Å²) in [6, 6.07) is 3.69. The lowest BCUT2D eigenvalue weighted by Crippen LogP contribution is -2.12. The van der Waals surface area contributed by atoms with Gasteiger partial charge in [-0.05, 0) is 24.6 Å². The van der Waals surface area contributed by atoms with Crippen molar-refractivity contribution in [3.8, 4) is 0 Å². The number of halogens is 2. The molecule has 90 valence electrons. The molecule has 1 heterocycles. The molecule has 17 heavy (non-hydrogen) atoms. The van der Waals surface area contributed by atoms with E-state index in [2.05, 4.69) is 4.98 Å². The second kappa shape index (κ2) is 4.63. The lowest BCUT2D eigenvalue weighted by Gasteiger charge is -2.10. The predicted molar refractivity (Wildman–Crippen MR) is 60.3 cm³/mol. The van der Waals surface area contributed by atoms with Crippen LogP contribution in [0.15, 0.2) is 30.7 Å². The summed E-state index contributed by atoms with van der Waals surface area (Å²) in [5.74, 6) is -1.68. The van der Waals surface area contributed by atoms with Crippen molar-refractivity contribution in [1.29, 1.82) is 0 Å². The lowest BCUT2D eigenvalue weighted by atomic mass is 10.2. The summed E-state index contributed by atoms with van der Waals surface area (Å²) in [6.07, 6.45) is 3.30. The zero-order valence-corrected chi connectivity index (χ0v) is 9.40. The summed E-state index contributed by atoms with van der Waals surface area (Å²) in [5.41, 5.74) is 7.30. The van der Waals surface area contributed by atoms with Crippen LogP contribution in [-0.2, 0) is 6.54 Å². The summed E-state index contributed by atoms with van der Waals surface area (Å²) in [5, 5.41) is 0. The third kappa shape index (κ3) is 2.50. The fraction of sp³-hybridized carbons (Fsp3) is 0.250. The van der Waals surface area contributed by atoms with Crippen LogP contribution in [0.2, 0.25) is 0 Å². The fourth-order valence-electron chi connectivity index (χ4n) is 1.68. The van der Waals surface area contributed by atoms with E-state index in [-0.39, 0.29) is 6.04 Å². The molecule has 0 spiro atoms. The van der Waals surface area contributed by atoms with Gasteiger partial charge in [-0.2, -0.15) is 0 Å². The largest absolute Gasteiger partial charge is 0.329 e. The van der Waals surface area contributed by atoms with Gasteiger partial charge in [-0.3, -0.25) is 0 Å². The minimum atomic E-state index is -0.843. The molecule has 0 amide bonds. The Bertz CT molecular complexity index is 520. The van der Waals surface area contributed by atoms with E-state index in [1.807, 2.05) is 11.5 Å². The van der Waals surface area contributed by atoms with Crippen LogP contribution in [0.1, 0.15) is 24.2 Å². The monoisotopic (exact) mass is 237 g/mol. The molecule has 3 nitrogen and oxygen atoms in total.